The fourth-order valence-electron chi connectivity index (χ4n) is 1.91. The lowest BCUT2D eigenvalue weighted by atomic mass is 9.89. The third-order valence-electron chi connectivity index (χ3n) is 2.69. The van der Waals surface area contributed by atoms with Crippen LogP contribution in [0.2, 0.25) is 0 Å². The SMILES string of the molecule is CC(=O)C(Cc1ccccc1)(OC(C)(C)C)C(=O)O. The van der Waals surface area contributed by atoms with Crippen LogP contribution in [0.15, 0.2) is 30.3 Å². The molecule has 0 aromatic heterocycles. The second-order valence-electron chi connectivity index (χ2n) is 5.57. The molecule has 4 heteroatoms. The Morgan fingerprint density at radius 1 is 1.16 bits per heavy atom. The summed E-state index contributed by atoms with van der Waals surface area (Å²) in [6.45, 7) is 6.46. The van der Waals surface area contributed by atoms with E-state index in [0.717, 1.165) is 5.56 Å². The molecule has 0 radical (unpaired) electrons. The van der Waals surface area contributed by atoms with Crippen LogP contribution in [0.3, 0.4) is 0 Å². The highest BCUT2D eigenvalue weighted by molar-refractivity contribution is 6.05. The van der Waals surface area contributed by atoms with Crippen LogP contribution in [0.4, 0.5) is 0 Å². The number of carbonyl (C=O) groups is 2. The number of Topliss-reactive ketones (excluding diaryl/α,β-unsaturated/α-hetero) is 1. The van der Waals surface area contributed by atoms with Gasteiger partial charge in [-0.1, -0.05) is 30.3 Å². The minimum absolute atomic E-state index is 0.0236. The molecule has 1 N–H and O–H groups in total. The molecule has 1 rings (SSSR count). The Morgan fingerprint density at radius 2 is 1.68 bits per heavy atom. The molecule has 0 saturated carbocycles. The van der Waals surface area contributed by atoms with E-state index >= 15 is 0 Å². The van der Waals surface area contributed by atoms with Crippen LogP contribution in [-0.2, 0) is 20.7 Å². The lowest BCUT2D eigenvalue weighted by Gasteiger charge is -2.34. The van der Waals surface area contributed by atoms with Gasteiger partial charge >= 0.3 is 5.97 Å². The van der Waals surface area contributed by atoms with Gasteiger partial charge in [0.25, 0.3) is 0 Å². The second-order valence-corrected chi connectivity index (χ2v) is 5.57. The molecule has 0 aliphatic carbocycles. The summed E-state index contributed by atoms with van der Waals surface area (Å²) in [4.78, 5) is 23.5. The lowest BCUT2D eigenvalue weighted by Crippen LogP contribution is -2.53. The number of rotatable bonds is 5. The van der Waals surface area contributed by atoms with Gasteiger partial charge < -0.3 is 9.84 Å². The normalized spacial score (nSPS) is 14.7. The number of carboxylic acid groups (broad SMARTS) is 1. The first-order valence-corrected chi connectivity index (χ1v) is 6.16. The van der Waals surface area contributed by atoms with Crippen molar-refractivity contribution in [2.45, 2.75) is 45.3 Å². The third kappa shape index (κ3) is 3.89. The monoisotopic (exact) mass is 264 g/mol. The summed E-state index contributed by atoms with van der Waals surface area (Å²) in [7, 11) is 0. The lowest BCUT2D eigenvalue weighted by molar-refractivity contribution is -0.187. The smallest absolute Gasteiger partial charge is 0.344 e. The van der Waals surface area contributed by atoms with Crippen molar-refractivity contribution in [1.82, 2.24) is 0 Å². The fraction of sp³-hybridized carbons (Fsp3) is 0.467. The molecule has 4 nitrogen and oxygen atoms in total. The molecule has 1 atom stereocenters. The van der Waals surface area contributed by atoms with Crippen LogP contribution in [0, 0.1) is 0 Å². The summed E-state index contributed by atoms with van der Waals surface area (Å²) in [5, 5.41) is 9.47. The van der Waals surface area contributed by atoms with E-state index in [0.29, 0.717) is 0 Å². The van der Waals surface area contributed by atoms with E-state index < -0.39 is 23.0 Å². The first kappa shape index (κ1) is 15.4. The van der Waals surface area contributed by atoms with Crippen molar-refractivity contribution < 1.29 is 19.4 Å². The van der Waals surface area contributed by atoms with Crippen molar-refractivity contribution in [2.75, 3.05) is 0 Å². The highest BCUT2D eigenvalue weighted by Crippen LogP contribution is 2.26. The first-order valence-electron chi connectivity index (χ1n) is 6.16. The van der Waals surface area contributed by atoms with Crippen LogP contribution in [-0.4, -0.2) is 28.1 Å². The molecule has 1 unspecified atom stereocenters. The van der Waals surface area contributed by atoms with Gasteiger partial charge in [0.05, 0.1) is 5.60 Å². The van der Waals surface area contributed by atoms with Gasteiger partial charge in [0.2, 0.25) is 5.60 Å². The van der Waals surface area contributed by atoms with Crippen molar-refractivity contribution in [3.63, 3.8) is 0 Å². The summed E-state index contributed by atoms with van der Waals surface area (Å²) in [6, 6.07) is 9.02. The van der Waals surface area contributed by atoms with E-state index in [4.69, 9.17) is 4.74 Å². The molecule has 0 spiro atoms. The Bertz CT molecular complexity index is 443. The van der Waals surface area contributed by atoms with Crippen molar-refractivity contribution in [3.8, 4) is 0 Å². The maximum absolute atomic E-state index is 11.9. The minimum atomic E-state index is -1.83. The first-order chi connectivity index (χ1) is 8.67. The quantitative estimate of drug-likeness (QED) is 0.830. The maximum atomic E-state index is 11.9. The third-order valence-corrected chi connectivity index (χ3v) is 2.69. The number of ether oxygens (including phenoxy) is 1. The molecule has 0 saturated heterocycles. The molecule has 1 aromatic carbocycles. The Morgan fingerprint density at radius 3 is 2.05 bits per heavy atom. The van der Waals surface area contributed by atoms with Crippen molar-refractivity contribution in [2.24, 2.45) is 0 Å². The predicted octanol–water partition coefficient (Wildman–Crippen LogP) is 2.46. The average Bonchev–Trinajstić information content (AvgIpc) is 2.27. The van der Waals surface area contributed by atoms with Crippen molar-refractivity contribution in [1.29, 1.82) is 0 Å². The van der Waals surface area contributed by atoms with Gasteiger partial charge in [0, 0.05) is 6.42 Å². The van der Waals surface area contributed by atoms with Gasteiger partial charge in [-0.25, -0.2) is 4.79 Å². The van der Waals surface area contributed by atoms with Gasteiger partial charge in [-0.3, -0.25) is 4.79 Å². The molecular weight excluding hydrogens is 244 g/mol. The van der Waals surface area contributed by atoms with Crippen molar-refractivity contribution >= 4 is 11.8 Å². The van der Waals surface area contributed by atoms with Crippen LogP contribution < -0.4 is 0 Å². The standard InChI is InChI=1S/C15H20O4/c1-11(16)15(13(17)18,19-14(2,3)4)10-12-8-6-5-7-9-12/h5-9H,10H2,1-4H3,(H,17,18). The van der Waals surface area contributed by atoms with E-state index in [9.17, 15) is 14.7 Å². The second kappa shape index (κ2) is 5.53. The highest BCUT2D eigenvalue weighted by atomic mass is 16.6. The van der Waals surface area contributed by atoms with Gasteiger partial charge in [0.1, 0.15) is 0 Å². The molecule has 0 bridgehead atoms. The summed E-state index contributed by atoms with van der Waals surface area (Å²) in [5.41, 5.74) is -1.80. The Labute approximate surface area is 113 Å². The van der Waals surface area contributed by atoms with Crippen LogP contribution in [0.25, 0.3) is 0 Å². The fourth-order valence-corrected chi connectivity index (χ4v) is 1.91. The van der Waals surface area contributed by atoms with Crippen molar-refractivity contribution in [3.05, 3.63) is 35.9 Å². The number of ketones is 1. The Kier molecular flexibility index (Phi) is 4.48. The molecule has 0 aliphatic rings. The Balaban J connectivity index is 3.18. The minimum Gasteiger partial charge on any atom is -0.479 e. The molecule has 104 valence electrons. The van der Waals surface area contributed by atoms with Gasteiger partial charge in [0.15, 0.2) is 5.78 Å². The zero-order valence-corrected chi connectivity index (χ0v) is 11.8. The topological polar surface area (TPSA) is 63.6 Å². The molecule has 1 aromatic rings. The Hall–Kier alpha value is -1.68. The summed E-state index contributed by atoms with van der Waals surface area (Å²) in [5.74, 6) is -1.75. The maximum Gasteiger partial charge on any atom is 0.344 e. The van der Waals surface area contributed by atoms with Crippen LogP contribution >= 0.6 is 0 Å². The van der Waals surface area contributed by atoms with Gasteiger partial charge in [-0.05, 0) is 33.3 Å². The number of aliphatic carboxylic acids is 1. The number of hydrogen-bond donors (Lipinski definition) is 1. The summed E-state index contributed by atoms with van der Waals surface area (Å²) < 4.78 is 5.60. The van der Waals surface area contributed by atoms with Gasteiger partial charge in [-0.2, -0.15) is 0 Å². The molecule has 0 amide bonds. The number of hydrogen-bond acceptors (Lipinski definition) is 3. The zero-order chi connectivity index (χ0) is 14.7. The molecule has 19 heavy (non-hydrogen) atoms. The van der Waals surface area contributed by atoms with E-state index in [2.05, 4.69) is 0 Å². The number of carbonyl (C=O) groups excluding carboxylic acids is 1. The van der Waals surface area contributed by atoms with E-state index in [1.165, 1.54) is 6.92 Å². The van der Waals surface area contributed by atoms with E-state index in [1.807, 2.05) is 6.07 Å². The van der Waals surface area contributed by atoms with Crippen LogP contribution in [0.1, 0.15) is 33.3 Å². The number of benzene rings is 1. The van der Waals surface area contributed by atoms with Gasteiger partial charge in [-0.15, -0.1) is 0 Å². The zero-order valence-electron chi connectivity index (χ0n) is 11.8. The summed E-state index contributed by atoms with van der Waals surface area (Å²) in [6.07, 6.45) is 0.0236. The summed E-state index contributed by atoms with van der Waals surface area (Å²) >= 11 is 0. The number of carboxylic acids is 1. The van der Waals surface area contributed by atoms with E-state index in [1.54, 1.807) is 45.0 Å². The van der Waals surface area contributed by atoms with E-state index in [-0.39, 0.29) is 6.42 Å². The average molecular weight is 264 g/mol. The van der Waals surface area contributed by atoms with Crippen LogP contribution in [0.5, 0.6) is 0 Å². The predicted molar refractivity (Wildman–Crippen MR) is 72.0 cm³/mol. The molecule has 0 fully saturated rings. The molecule has 0 heterocycles. The molecular formula is C15H20O4. The molecule has 0 aliphatic heterocycles. The highest BCUT2D eigenvalue weighted by Gasteiger charge is 2.47. The largest absolute Gasteiger partial charge is 0.479 e.